The van der Waals surface area contributed by atoms with Crippen LogP contribution in [0, 0.1) is 6.92 Å². The van der Waals surface area contributed by atoms with E-state index in [9.17, 15) is 9.90 Å². The van der Waals surface area contributed by atoms with Crippen LogP contribution in [0.3, 0.4) is 0 Å². The first-order valence-electron chi connectivity index (χ1n) is 9.73. The maximum absolute atomic E-state index is 13.3. The first kappa shape index (κ1) is 20.2. The number of carbonyl (C=O) groups excluding carboxylic acids is 1. The maximum Gasteiger partial charge on any atom is 0.282 e. The van der Waals surface area contributed by atoms with E-state index in [0.717, 1.165) is 16.7 Å². The number of phenolic OH excluding ortho intramolecular Hbond substituents is 1. The van der Waals surface area contributed by atoms with Crippen LogP contribution in [0.2, 0.25) is 0 Å². The smallest absolute Gasteiger partial charge is 0.282 e. The summed E-state index contributed by atoms with van der Waals surface area (Å²) < 4.78 is 10.6. The molecule has 31 heavy (non-hydrogen) atoms. The molecule has 0 fully saturated rings. The van der Waals surface area contributed by atoms with Crippen LogP contribution in [0.4, 0.5) is 5.69 Å². The zero-order valence-corrected chi connectivity index (χ0v) is 17.5. The molecule has 0 aromatic heterocycles. The van der Waals surface area contributed by atoms with Gasteiger partial charge in [-0.1, -0.05) is 35.9 Å². The summed E-state index contributed by atoms with van der Waals surface area (Å²) in [6.07, 6.45) is 1.72. The lowest BCUT2D eigenvalue weighted by molar-refractivity contribution is -0.113. The van der Waals surface area contributed by atoms with Crippen molar-refractivity contribution in [3.05, 3.63) is 89.1 Å². The first-order valence-corrected chi connectivity index (χ1v) is 9.73. The Morgan fingerprint density at radius 3 is 2.23 bits per heavy atom. The third-order valence-corrected chi connectivity index (χ3v) is 4.99. The predicted molar refractivity (Wildman–Crippen MR) is 121 cm³/mol. The average Bonchev–Trinajstić information content (AvgIpc) is 3.10. The Bertz CT molecular complexity index is 1180. The number of benzene rings is 3. The summed E-state index contributed by atoms with van der Waals surface area (Å²) in [7, 11) is 3.14. The van der Waals surface area contributed by atoms with Gasteiger partial charge in [-0.15, -0.1) is 0 Å². The molecule has 1 aliphatic heterocycles. The fraction of sp³-hybridized carbons (Fsp3) is 0.120. The molecule has 0 saturated carbocycles. The van der Waals surface area contributed by atoms with E-state index in [2.05, 4.69) is 4.99 Å². The van der Waals surface area contributed by atoms with Crippen LogP contribution in [0.15, 0.2) is 77.4 Å². The molecule has 0 aliphatic carbocycles. The van der Waals surface area contributed by atoms with Gasteiger partial charge in [-0.25, -0.2) is 4.99 Å². The van der Waals surface area contributed by atoms with Crippen molar-refractivity contribution in [3.8, 4) is 17.2 Å². The number of amidine groups is 1. The zero-order chi connectivity index (χ0) is 22.0. The molecule has 0 radical (unpaired) electrons. The third-order valence-electron chi connectivity index (χ3n) is 4.99. The molecule has 0 atom stereocenters. The summed E-state index contributed by atoms with van der Waals surface area (Å²) in [4.78, 5) is 19.6. The van der Waals surface area contributed by atoms with Gasteiger partial charge in [0, 0.05) is 5.56 Å². The lowest BCUT2D eigenvalue weighted by Crippen LogP contribution is -2.32. The van der Waals surface area contributed by atoms with Crippen molar-refractivity contribution in [1.82, 2.24) is 0 Å². The summed E-state index contributed by atoms with van der Waals surface area (Å²) in [5.74, 6) is 1.58. The number of methoxy groups -OCH3 is 2. The van der Waals surface area contributed by atoms with Gasteiger partial charge in [0.1, 0.15) is 17.3 Å². The second-order valence-electron chi connectivity index (χ2n) is 7.10. The number of aromatic hydroxyl groups is 1. The van der Waals surface area contributed by atoms with Crippen LogP contribution >= 0.6 is 0 Å². The number of hydrogen-bond donors (Lipinski definition) is 1. The number of anilines is 1. The number of hydrogen-bond acceptors (Lipinski definition) is 5. The molecule has 0 unspecified atom stereocenters. The molecule has 0 saturated heterocycles. The van der Waals surface area contributed by atoms with Gasteiger partial charge in [-0.2, -0.15) is 0 Å². The largest absolute Gasteiger partial charge is 0.508 e. The number of phenols is 1. The van der Waals surface area contributed by atoms with Crippen molar-refractivity contribution in [2.24, 2.45) is 4.99 Å². The standard InChI is InChI=1S/C25H22N2O4/c1-16-4-7-18(8-5-16)24-26-21(14-17-6-13-22(30-2)23(15-17)31-3)25(29)27(24)19-9-11-20(28)12-10-19/h4-15,28H,1-3H3/b21-14+. The fourth-order valence-corrected chi connectivity index (χ4v) is 3.35. The van der Waals surface area contributed by atoms with Crippen LogP contribution < -0.4 is 14.4 Å². The maximum atomic E-state index is 13.3. The molecule has 0 bridgehead atoms. The summed E-state index contributed by atoms with van der Waals surface area (Å²) in [5, 5.41) is 9.65. The monoisotopic (exact) mass is 414 g/mol. The molecule has 1 heterocycles. The van der Waals surface area contributed by atoms with Gasteiger partial charge in [0.05, 0.1) is 19.9 Å². The highest BCUT2D eigenvalue weighted by Gasteiger charge is 2.32. The highest BCUT2D eigenvalue weighted by molar-refractivity contribution is 6.33. The van der Waals surface area contributed by atoms with E-state index in [0.29, 0.717) is 28.7 Å². The second kappa shape index (κ2) is 8.36. The van der Waals surface area contributed by atoms with Gasteiger partial charge in [0.25, 0.3) is 5.91 Å². The van der Waals surface area contributed by atoms with Crippen molar-refractivity contribution in [2.45, 2.75) is 6.92 Å². The van der Waals surface area contributed by atoms with Gasteiger partial charge in [0.2, 0.25) is 0 Å². The number of nitrogens with zero attached hydrogens (tertiary/aromatic N) is 2. The molecule has 6 heteroatoms. The van der Waals surface area contributed by atoms with Crippen LogP contribution in [-0.4, -0.2) is 31.1 Å². The highest BCUT2D eigenvalue weighted by Crippen LogP contribution is 2.32. The quantitative estimate of drug-likeness (QED) is 0.622. The van der Waals surface area contributed by atoms with Crippen LogP contribution in [0.1, 0.15) is 16.7 Å². The molecular formula is C25H22N2O4. The van der Waals surface area contributed by atoms with Crippen LogP contribution in [0.5, 0.6) is 17.2 Å². The Balaban J connectivity index is 1.80. The molecule has 0 spiro atoms. The summed E-state index contributed by atoms with van der Waals surface area (Å²) in [6.45, 7) is 2.01. The molecule has 1 aliphatic rings. The molecule has 156 valence electrons. The molecule has 4 rings (SSSR count). The number of ether oxygens (including phenoxy) is 2. The lowest BCUT2D eigenvalue weighted by Gasteiger charge is -2.18. The topological polar surface area (TPSA) is 71.4 Å². The molecule has 1 amide bonds. The highest BCUT2D eigenvalue weighted by atomic mass is 16.5. The number of rotatable bonds is 5. The first-order chi connectivity index (χ1) is 15.0. The van der Waals surface area contributed by atoms with Crippen LogP contribution in [-0.2, 0) is 4.79 Å². The van der Waals surface area contributed by atoms with Crippen molar-refractivity contribution in [3.63, 3.8) is 0 Å². The second-order valence-corrected chi connectivity index (χ2v) is 7.10. The van der Waals surface area contributed by atoms with Gasteiger partial charge in [0.15, 0.2) is 11.5 Å². The van der Waals surface area contributed by atoms with Crippen molar-refractivity contribution >= 4 is 23.5 Å². The predicted octanol–water partition coefficient (Wildman–Crippen LogP) is 4.55. The van der Waals surface area contributed by atoms with Crippen molar-refractivity contribution in [1.29, 1.82) is 0 Å². The number of amides is 1. The summed E-state index contributed by atoms with van der Waals surface area (Å²) in [5.41, 5.74) is 3.63. The summed E-state index contributed by atoms with van der Waals surface area (Å²) >= 11 is 0. The Morgan fingerprint density at radius 2 is 1.58 bits per heavy atom. The molecule has 3 aromatic carbocycles. The zero-order valence-electron chi connectivity index (χ0n) is 17.5. The van der Waals surface area contributed by atoms with Crippen molar-refractivity contribution < 1.29 is 19.4 Å². The Morgan fingerprint density at radius 1 is 0.903 bits per heavy atom. The molecule has 3 aromatic rings. The van der Waals surface area contributed by atoms with E-state index in [4.69, 9.17) is 9.47 Å². The third kappa shape index (κ3) is 4.00. The summed E-state index contributed by atoms with van der Waals surface area (Å²) in [6, 6.07) is 19.7. The minimum atomic E-state index is -0.254. The average molecular weight is 414 g/mol. The van der Waals surface area contributed by atoms with Crippen molar-refractivity contribution in [2.75, 3.05) is 19.1 Å². The Labute approximate surface area is 180 Å². The minimum absolute atomic E-state index is 0.130. The fourth-order valence-electron chi connectivity index (χ4n) is 3.35. The van der Waals surface area contributed by atoms with E-state index in [1.165, 1.54) is 0 Å². The van der Waals surface area contributed by atoms with E-state index in [-0.39, 0.29) is 11.7 Å². The normalized spacial score (nSPS) is 14.7. The van der Waals surface area contributed by atoms with E-state index in [1.54, 1.807) is 61.6 Å². The SMILES string of the molecule is COc1ccc(/C=C2/N=C(c3ccc(C)cc3)N(c3ccc(O)cc3)C2=O)cc1OC. The van der Waals surface area contributed by atoms with E-state index in [1.807, 2.05) is 37.3 Å². The molecule has 6 nitrogen and oxygen atoms in total. The Hall–Kier alpha value is -4.06. The van der Waals surface area contributed by atoms with Crippen LogP contribution in [0.25, 0.3) is 6.08 Å². The van der Waals surface area contributed by atoms with Gasteiger partial charge < -0.3 is 14.6 Å². The minimum Gasteiger partial charge on any atom is -0.508 e. The van der Waals surface area contributed by atoms with E-state index < -0.39 is 0 Å². The van der Waals surface area contributed by atoms with Gasteiger partial charge in [-0.3, -0.25) is 9.69 Å². The number of aliphatic imine (C=N–C) groups is 1. The lowest BCUT2D eigenvalue weighted by atomic mass is 10.1. The van der Waals surface area contributed by atoms with E-state index >= 15 is 0 Å². The number of carbonyl (C=O) groups is 1. The van der Waals surface area contributed by atoms with Gasteiger partial charge in [-0.05, 0) is 55.0 Å². The van der Waals surface area contributed by atoms with Gasteiger partial charge >= 0.3 is 0 Å². The number of aryl methyl sites for hydroxylation is 1. The molecular weight excluding hydrogens is 392 g/mol. The molecule has 1 N–H and O–H groups in total. The Kier molecular flexibility index (Phi) is 5.45.